The van der Waals surface area contributed by atoms with Gasteiger partial charge in [-0.1, -0.05) is 36.4 Å². The van der Waals surface area contributed by atoms with Crippen LogP contribution in [0.3, 0.4) is 0 Å². The van der Waals surface area contributed by atoms with Crippen LogP contribution in [0.15, 0.2) is 78.8 Å². The molecular formula is C25H25N7O2. The third kappa shape index (κ3) is 5.09. The van der Waals surface area contributed by atoms with Gasteiger partial charge in [0, 0.05) is 42.5 Å². The zero-order valence-corrected chi connectivity index (χ0v) is 19.1. The molecule has 1 atom stereocenters. The number of nitrogens with one attached hydrogen (secondary N) is 3. The highest BCUT2D eigenvalue weighted by molar-refractivity contribution is 6.21. The summed E-state index contributed by atoms with van der Waals surface area (Å²) >= 11 is 0. The van der Waals surface area contributed by atoms with Crippen molar-refractivity contribution in [3.05, 3.63) is 90.2 Å². The van der Waals surface area contributed by atoms with Crippen LogP contribution in [0.25, 0.3) is 11.1 Å². The maximum atomic E-state index is 13.8. The molecule has 172 valence electrons. The SMILES string of the molecule is COc1cc(C)nc(NC(C(=N)/C=C2/C=CC=CN2)C(=O)c2nn(C)cc2-c2ccccc2)n1. The molecule has 1 aliphatic heterocycles. The molecule has 3 aromatic rings. The molecule has 1 aliphatic rings. The van der Waals surface area contributed by atoms with Gasteiger partial charge in [0.1, 0.15) is 11.7 Å². The van der Waals surface area contributed by atoms with Crippen molar-refractivity contribution in [2.45, 2.75) is 13.0 Å². The molecular weight excluding hydrogens is 430 g/mol. The Morgan fingerprint density at radius 3 is 2.74 bits per heavy atom. The average molecular weight is 456 g/mol. The molecule has 0 saturated carbocycles. The number of anilines is 1. The predicted molar refractivity (Wildman–Crippen MR) is 131 cm³/mol. The molecule has 0 bridgehead atoms. The summed E-state index contributed by atoms with van der Waals surface area (Å²) in [5, 5.41) is 19.3. The zero-order valence-electron chi connectivity index (χ0n) is 19.1. The quantitative estimate of drug-likeness (QED) is 0.352. The topological polar surface area (TPSA) is 118 Å². The van der Waals surface area contributed by atoms with Gasteiger partial charge in [-0.15, -0.1) is 0 Å². The lowest BCUT2D eigenvalue weighted by Gasteiger charge is -2.18. The van der Waals surface area contributed by atoms with Crippen LogP contribution >= 0.6 is 0 Å². The standard InChI is InChI=1S/C25H25N7O2/c1-16-13-21(34-3)29-25(28-16)30-23(20(26)14-18-11-7-8-12-27-18)24(33)22-19(15-32(2)31-22)17-9-5-4-6-10-17/h4-15,23,26-27H,1-3H3,(H,28,29,30)/b18-14-,26-20?. The first-order chi connectivity index (χ1) is 16.4. The minimum absolute atomic E-state index is 0.0289. The molecule has 2 aromatic heterocycles. The van der Waals surface area contributed by atoms with E-state index in [1.54, 1.807) is 43.2 Å². The summed E-state index contributed by atoms with van der Waals surface area (Å²) in [5.41, 5.74) is 3.16. The second kappa shape index (κ2) is 9.95. The van der Waals surface area contributed by atoms with E-state index in [9.17, 15) is 4.79 Å². The molecule has 9 heteroatoms. The van der Waals surface area contributed by atoms with E-state index in [-0.39, 0.29) is 23.1 Å². The van der Waals surface area contributed by atoms with Gasteiger partial charge in [-0.3, -0.25) is 9.48 Å². The van der Waals surface area contributed by atoms with Crippen LogP contribution in [0, 0.1) is 12.3 Å². The summed E-state index contributed by atoms with van der Waals surface area (Å²) in [4.78, 5) is 22.5. The minimum atomic E-state index is -1.09. The van der Waals surface area contributed by atoms with Gasteiger partial charge < -0.3 is 20.8 Å². The molecule has 3 N–H and O–H groups in total. The zero-order chi connectivity index (χ0) is 24.1. The van der Waals surface area contributed by atoms with Crippen molar-refractivity contribution in [2.75, 3.05) is 12.4 Å². The molecule has 0 radical (unpaired) electrons. The third-order valence-electron chi connectivity index (χ3n) is 5.08. The molecule has 3 heterocycles. The van der Waals surface area contributed by atoms with E-state index in [2.05, 4.69) is 25.7 Å². The predicted octanol–water partition coefficient (Wildman–Crippen LogP) is 3.43. The molecule has 9 nitrogen and oxygen atoms in total. The number of rotatable bonds is 8. The van der Waals surface area contributed by atoms with Crippen LogP contribution in [-0.2, 0) is 7.05 Å². The Hall–Kier alpha value is -4.53. The van der Waals surface area contributed by atoms with E-state index in [1.807, 2.05) is 48.6 Å². The normalized spacial score (nSPS) is 14.5. The van der Waals surface area contributed by atoms with Gasteiger partial charge in [0.15, 0.2) is 0 Å². The van der Waals surface area contributed by atoms with Crippen molar-refractivity contribution in [3.63, 3.8) is 0 Å². The van der Waals surface area contributed by atoms with Gasteiger partial charge in [-0.25, -0.2) is 4.98 Å². The minimum Gasteiger partial charge on any atom is -0.481 e. The lowest BCUT2D eigenvalue weighted by atomic mass is 9.98. The number of methoxy groups -OCH3 is 1. The fraction of sp³-hybridized carbons (Fsp3) is 0.160. The van der Waals surface area contributed by atoms with Crippen molar-refractivity contribution < 1.29 is 9.53 Å². The summed E-state index contributed by atoms with van der Waals surface area (Å²) < 4.78 is 6.83. The number of dihydropyridines is 1. The molecule has 1 aromatic carbocycles. The monoisotopic (exact) mass is 455 g/mol. The number of ether oxygens (including phenoxy) is 1. The van der Waals surface area contributed by atoms with Crippen molar-refractivity contribution in [1.82, 2.24) is 25.1 Å². The number of Topliss-reactive ketones (excluding diaryl/α,β-unsaturated/α-hetero) is 1. The Morgan fingerprint density at radius 1 is 1.24 bits per heavy atom. The number of aryl methyl sites for hydroxylation is 2. The number of benzene rings is 1. The number of carbonyl (C=O) groups is 1. The van der Waals surface area contributed by atoms with Gasteiger partial charge in [0.05, 0.1) is 12.8 Å². The molecule has 0 aliphatic carbocycles. The Labute approximate surface area is 197 Å². The maximum absolute atomic E-state index is 13.8. The van der Waals surface area contributed by atoms with Crippen LogP contribution in [-0.4, -0.2) is 44.4 Å². The van der Waals surface area contributed by atoms with E-state index in [1.165, 1.54) is 7.11 Å². The molecule has 0 spiro atoms. The number of allylic oxidation sites excluding steroid dienone is 3. The highest BCUT2D eigenvalue weighted by Crippen LogP contribution is 2.25. The number of nitrogens with zero attached hydrogens (tertiary/aromatic N) is 4. The van der Waals surface area contributed by atoms with Gasteiger partial charge in [-0.05, 0) is 30.7 Å². The number of hydrogen-bond acceptors (Lipinski definition) is 8. The van der Waals surface area contributed by atoms with Crippen LogP contribution in [0.4, 0.5) is 5.95 Å². The van der Waals surface area contributed by atoms with Gasteiger partial charge in [0.2, 0.25) is 17.6 Å². The molecule has 1 unspecified atom stereocenters. The highest BCUT2D eigenvalue weighted by Gasteiger charge is 2.29. The van der Waals surface area contributed by atoms with Gasteiger partial charge >= 0.3 is 0 Å². The first kappa shape index (κ1) is 22.7. The Kier molecular flexibility index (Phi) is 6.63. The summed E-state index contributed by atoms with van der Waals surface area (Å²) in [5.74, 6) is 0.166. The van der Waals surface area contributed by atoms with Crippen molar-refractivity contribution in [1.29, 1.82) is 5.41 Å². The van der Waals surface area contributed by atoms with Crippen LogP contribution in [0.5, 0.6) is 5.88 Å². The number of aromatic nitrogens is 4. The summed E-state index contributed by atoms with van der Waals surface area (Å²) in [7, 11) is 3.27. The first-order valence-corrected chi connectivity index (χ1v) is 10.6. The van der Waals surface area contributed by atoms with Crippen LogP contribution < -0.4 is 15.4 Å². The first-order valence-electron chi connectivity index (χ1n) is 10.6. The van der Waals surface area contributed by atoms with Crippen molar-refractivity contribution >= 4 is 17.4 Å². The van der Waals surface area contributed by atoms with Gasteiger partial charge in [0.25, 0.3) is 0 Å². The lowest BCUT2D eigenvalue weighted by Crippen LogP contribution is -2.38. The van der Waals surface area contributed by atoms with Gasteiger partial charge in [-0.2, -0.15) is 10.1 Å². The largest absolute Gasteiger partial charge is 0.481 e. The van der Waals surface area contributed by atoms with Crippen molar-refractivity contribution in [3.8, 4) is 17.0 Å². The average Bonchev–Trinajstić information content (AvgIpc) is 3.24. The van der Waals surface area contributed by atoms with E-state index in [4.69, 9.17) is 10.1 Å². The fourth-order valence-electron chi connectivity index (χ4n) is 3.51. The second-order valence-corrected chi connectivity index (χ2v) is 7.67. The number of hydrogen-bond donors (Lipinski definition) is 3. The summed E-state index contributed by atoms with van der Waals surface area (Å²) in [6.07, 6.45) is 10.6. The second-order valence-electron chi connectivity index (χ2n) is 7.67. The fourth-order valence-corrected chi connectivity index (χ4v) is 3.51. The number of ketones is 1. The summed E-state index contributed by atoms with van der Waals surface area (Å²) in [6, 6.07) is 10.2. The molecule has 34 heavy (non-hydrogen) atoms. The third-order valence-corrected chi connectivity index (χ3v) is 5.08. The van der Waals surface area contributed by atoms with E-state index in [0.29, 0.717) is 22.8 Å². The molecule has 0 saturated heterocycles. The van der Waals surface area contributed by atoms with E-state index < -0.39 is 6.04 Å². The highest BCUT2D eigenvalue weighted by atomic mass is 16.5. The van der Waals surface area contributed by atoms with E-state index in [0.717, 1.165) is 5.56 Å². The Morgan fingerprint density at radius 2 is 2.03 bits per heavy atom. The number of carbonyl (C=O) groups excluding carboxylic acids is 1. The van der Waals surface area contributed by atoms with Crippen LogP contribution in [0.2, 0.25) is 0 Å². The smallest absolute Gasteiger partial charge is 0.227 e. The maximum Gasteiger partial charge on any atom is 0.227 e. The molecule has 4 rings (SSSR count). The summed E-state index contributed by atoms with van der Waals surface area (Å²) in [6.45, 7) is 1.80. The Bertz CT molecular complexity index is 1310. The molecule has 0 fully saturated rings. The van der Waals surface area contributed by atoms with Crippen molar-refractivity contribution in [2.24, 2.45) is 7.05 Å². The molecule has 0 amide bonds. The van der Waals surface area contributed by atoms with E-state index >= 15 is 0 Å². The van der Waals surface area contributed by atoms with Crippen LogP contribution in [0.1, 0.15) is 16.2 Å². The Balaban J connectivity index is 1.75. The lowest BCUT2D eigenvalue weighted by molar-refractivity contribution is 0.0985.